The number of benzene rings is 1. The molecule has 1 aliphatic rings. The third-order valence-electron chi connectivity index (χ3n) is 3.11. The number of amidine groups is 1. The topological polar surface area (TPSA) is 45.8 Å². The van der Waals surface area contributed by atoms with E-state index < -0.39 is 0 Å². The molecule has 1 aliphatic heterocycles. The maximum atomic E-state index is 12.4. The molecule has 0 radical (unpaired) electrons. The predicted octanol–water partition coefficient (Wildman–Crippen LogP) is 4.55. The average molecular weight is 444 g/mol. The van der Waals surface area contributed by atoms with E-state index in [1.54, 1.807) is 28.8 Å². The molecule has 0 aliphatic carbocycles. The number of hydrogen-bond acceptors (Lipinski definition) is 4. The lowest BCUT2D eigenvalue weighted by atomic mass is 10.2. The SMILES string of the molecule is O=C(c1ccc(Br)o1)N1CCN=C1SCc1ccc(Br)cc1. The third kappa shape index (κ3) is 3.64. The van der Waals surface area contributed by atoms with Gasteiger partial charge in [0.2, 0.25) is 0 Å². The molecule has 2 heterocycles. The lowest BCUT2D eigenvalue weighted by Crippen LogP contribution is -2.32. The molecule has 7 heteroatoms. The van der Waals surface area contributed by atoms with Gasteiger partial charge in [0.25, 0.3) is 5.91 Å². The minimum atomic E-state index is -0.148. The van der Waals surface area contributed by atoms with Crippen LogP contribution in [0.4, 0.5) is 0 Å². The van der Waals surface area contributed by atoms with Gasteiger partial charge >= 0.3 is 0 Å². The van der Waals surface area contributed by atoms with Gasteiger partial charge < -0.3 is 4.42 Å². The molecule has 22 heavy (non-hydrogen) atoms. The molecular formula is C15H12Br2N2O2S. The molecule has 0 spiro atoms. The molecule has 0 fully saturated rings. The highest BCUT2D eigenvalue weighted by Gasteiger charge is 2.27. The van der Waals surface area contributed by atoms with Crippen LogP contribution in [-0.2, 0) is 5.75 Å². The van der Waals surface area contributed by atoms with Gasteiger partial charge in [-0.1, -0.05) is 39.8 Å². The number of halogens is 2. The number of rotatable bonds is 3. The molecule has 2 aromatic rings. The molecule has 4 nitrogen and oxygen atoms in total. The van der Waals surface area contributed by atoms with E-state index in [9.17, 15) is 4.79 Å². The van der Waals surface area contributed by atoms with E-state index >= 15 is 0 Å². The van der Waals surface area contributed by atoms with Gasteiger partial charge in [-0.25, -0.2) is 0 Å². The van der Waals surface area contributed by atoms with Crippen LogP contribution >= 0.6 is 43.6 Å². The Kier molecular flexibility index (Phi) is 5.05. The zero-order valence-corrected chi connectivity index (χ0v) is 15.4. The lowest BCUT2D eigenvalue weighted by molar-refractivity contribution is 0.0829. The Hall–Kier alpha value is -1.05. The fourth-order valence-electron chi connectivity index (χ4n) is 2.03. The zero-order chi connectivity index (χ0) is 15.5. The van der Waals surface area contributed by atoms with Crippen molar-refractivity contribution in [2.24, 2.45) is 4.99 Å². The summed E-state index contributed by atoms with van der Waals surface area (Å²) in [6.07, 6.45) is 0. The Labute approximate surface area is 149 Å². The van der Waals surface area contributed by atoms with Crippen molar-refractivity contribution in [3.8, 4) is 0 Å². The first-order valence-electron chi connectivity index (χ1n) is 6.62. The van der Waals surface area contributed by atoms with Crippen LogP contribution in [0.15, 0.2) is 54.9 Å². The molecule has 114 valence electrons. The van der Waals surface area contributed by atoms with E-state index in [2.05, 4.69) is 49.0 Å². The molecule has 0 saturated heterocycles. The quantitative estimate of drug-likeness (QED) is 0.698. The van der Waals surface area contributed by atoms with Crippen molar-refractivity contribution >= 4 is 54.7 Å². The van der Waals surface area contributed by atoms with Crippen molar-refractivity contribution in [3.05, 3.63) is 56.9 Å². The zero-order valence-electron chi connectivity index (χ0n) is 11.5. The molecule has 1 amide bonds. The van der Waals surface area contributed by atoms with E-state index in [1.165, 1.54) is 5.56 Å². The van der Waals surface area contributed by atoms with Crippen LogP contribution in [-0.4, -0.2) is 29.1 Å². The molecule has 1 aromatic carbocycles. The number of nitrogens with zero attached hydrogens (tertiary/aromatic N) is 2. The molecule has 0 bridgehead atoms. The van der Waals surface area contributed by atoms with Crippen LogP contribution < -0.4 is 0 Å². The van der Waals surface area contributed by atoms with Crippen molar-refractivity contribution in [2.75, 3.05) is 13.1 Å². The summed E-state index contributed by atoms with van der Waals surface area (Å²) >= 11 is 8.20. The normalized spacial score (nSPS) is 14.3. The molecule has 0 N–H and O–H groups in total. The Balaban J connectivity index is 1.65. The molecule has 0 unspecified atom stereocenters. The number of amides is 1. The summed E-state index contributed by atoms with van der Waals surface area (Å²) in [7, 11) is 0. The van der Waals surface area contributed by atoms with Gasteiger partial charge in [0, 0.05) is 16.8 Å². The van der Waals surface area contributed by atoms with E-state index in [0.717, 1.165) is 15.4 Å². The molecule has 1 aromatic heterocycles. The van der Waals surface area contributed by atoms with Gasteiger partial charge in [-0.15, -0.1) is 0 Å². The van der Waals surface area contributed by atoms with Crippen molar-refractivity contribution < 1.29 is 9.21 Å². The number of carbonyl (C=O) groups excluding carboxylic acids is 1. The molecular weight excluding hydrogens is 432 g/mol. The summed E-state index contributed by atoms with van der Waals surface area (Å²) in [6, 6.07) is 11.5. The Bertz CT molecular complexity index is 713. The highest BCUT2D eigenvalue weighted by molar-refractivity contribution is 9.10. The second-order valence-corrected chi connectivity index (χ2v) is 7.28. The number of furan rings is 1. The van der Waals surface area contributed by atoms with E-state index in [4.69, 9.17) is 4.42 Å². The van der Waals surface area contributed by atoms with E-state index in [1.807, 2.05) is 12.1 Å². The van der Waals surface area contributed by atoms with Crippen LogP contribution in [0.2, 0.25) is 0 Å². The Morgan fingerprint density at radius 3 is 2.68 bits per heavy atom. The Morgan fingerprint density at radius 2 is 2.00 bits per heavy atom. The second-order valence-electron chi connectivity index (χ2n) is 4.64. The summed E-state index contributed by atoms with van der Waals surface area (Å²) in [5.41, 5.74) is 1.19. The average Bonchev–Trinajstić information content (AvgIpc) is 3.15. The number of hydrogen-bond donors (Lipinski definition) is 0. The van der Waals surface area contributed by atoms with Gasteiger partial charge in [0.05, 0.1) is 6.54 Å². The summed E-state index contributed by atoms with van der Waals surface area (Å²) in [4.78, 5) is 18.5. The molecule has 0 saturated carbocycles. The van der Waals surface area contributed by atoms with E-state index in [-0.39, 0.29) is 5.91 Å². The van der Waals surface area contributed by atoms with Crippen molar-refractivity contribution in [1.82, 2.24) is 4.90 Å². The first-order valence-corrected chi connectivity index (χ1v) is 9.19. The van der Waals surface area contributed by atoms with Crippen molar-refractivity contribution in [2.45, 2.75) is 5.75 Å². The van der Waals surface area contributed by atoms with Gasteiger partial charge in [-0.05, 0) is 45.8 Å². The van der Waals surface area contributed by atoms with Crippen molar-refractivity contribution in [3.63, 3.8) is 0 Å². The highest BCUT2D eigenvalue weighted by Crippen LogP contribution is 2.23. The lowest BCUT2D eigenvalue weighted by Gasteiger charge is -2.16. The molecule has 3 rings (SSSR count). The molecule has 0 atom stereocenters. The highest BCUT2D eigenvalue weighted by atomic mass is 79.9. The van der Waals surface area contributed by atoms with Crippen LogP contribution in [0.1, 0.15) is 16.1 Å². The fourth-order valence-corrected chi connectivity index (χ4v) is 3.60. The van der Waals surface area contributed by atoms with Crippen LogP contribution in [0.25, 0.3) is 0 Å². The largest absolute Gasteiger partial charge is 0.444 e. The van der Waals surface area contributed by atoms with Crippen molar-refractivity contribution in [1.29, 1.82) is 0 Å². The minimum absolute atomic E-state index is 0.148. The number of carbonyl (C=O) groups is 1. The van der Waals surface area contributed by atoms with Gasteiger partial charge in [0.15, 0.2) is 15.6 Å². The standard InChI is InChI=1S/C15H12Br2N2O2S/c16-11-3-1-10(2-4-11)9-22-15-18-7-8-19(15)14(20)12-5-6-13(17)21-12/h1-6H,7-9H2. The first-order chi connectivity index (χ1) is 10.6. The Morgan fingerprint density at radius 1 is 1.23 bits per heavy atom. The van der Waals surface area contributed by atoms with Crippen LogP contribution in [0, 0.1) is 0 Å². The van der Waals surface area contributed by atoms with E-state index in [0.29, 0.717) is 23.5 Å². The summed E-state index contributed by atoms with van der Waals surface area (Å²) < 4.78 is 6.95. The fraction of sp³-hybridized carbons (Fsp3) is 0.200. The number of aliphatic imine (C=N–C) groups is 1. The first kappa shape index (κ1) is 15.8. The number of thioether (sulfide) groups is 1. The smallest absolute Gasteiger partial charge is 0.295 e. The maximum Gasteiger partial charge on any atom is 0.295 e. The van der Waals surface area contributed by atoms with Crippen LogP contribution in [0.5, 0.6) is 0 Å². The van der Waals surface area contributed by atoms with Crippen LogP contribution in [0.3, 0.4) is 0 Å². The van der Waals surface area contributed by atoms with Gasteiger partial charge in [-0.2, -0.15) is 0 Å². The third-order valence-corrected chi connectivity index (χ3v) is 5.15. The second kappa shape index (κ2) is 7.02. The summed E-state index contributed by atoms with van der Waals surface area (Å²) in [5.74, 6) is 0.952. The monoisotopic (exact) mass is 442 g/mol. The summed E-state index contributed by atoms with van der Waals surface area (Å²) in [5, 5.41) is 0.750. The minimum Gasteiger partial charge on any atom is -0.444 e. The van der Waals surface area contributed by atoms with Gasteiger partial charge in [-0.3, -0.25) is 14.7 Å². The van der Waals surface area contributed by atoms with Gasteiger partial charge in [0.1, 0.15) is 0 Å². The summed E-state index contributed by atoms with van der Waals surface area (Å²) in [6.45, 7) is 1.23. The predicted molar refractivity (Wildman–Crippen MR) is 95.2 cm³/mol. The maximum absolute atomic E-state index is 12.4.